The molecule has 1 N–H and O–H groups in total. The lowest BCUT2D eigenvalue weighted by atomic mass is 10.1. The van der Waals surface area contributed by atoms with Crippen molar-refractivity contribution in [2.24, 2.45) is 0 Å². The molecule has 0 saturated carbocycles. The lowest BCUT2D eigenvalue weighted by Crippen LogP contribution is -2.27. The minimum absolute atomic E-state index is 0.0558. The minimum Gasteiger partial charge on any atom is -0.379 e. The fourth-order valence-electron chi connectivity index (χ4n) is 1.70. The van der Waals surface area contributed by atoms with Gasteiger partial charge in [0.25, 0.3) is 0 Å². The minimum atomic E-state index is -0.270. The summed E-state index contributed by atoms with van der Waals surface area (Å²) in [5.41, 5.74) is 0.765. The van der Waals surface area contributed by atoms with Gasteiger partial charge in [-0.05, 0) is 43.1 Å². The van der Waals surface area contributed by atoms with E-state index in [1.54, 1.807) is 6.07 Å². The van der Waals surface area contributed by atoms with Crippen molar-refractivity contribution in [1.82, 2.24) is 5.32 Å². The molecule has 2 nitrogen and oxygen atoms in total. The lowest BCUT2D eigenvalue weighted by molar-refractivity contribution is 0.112. The molecule has 0 aromatic heterocycles. The molecule has 0 saturated heterocycles. The summed E-state index contributed by atoms with van der Waals surface area (Å²) in [4.78, 5) is 0. The molecule has 0 radical (unpaired) electrons. The molecule has 0 aliphatic heterocycles. The Morgan fingerprint density at radius 2 is 2.11 bits per heavy atom. The number of halogens is 2. The summed E-state index contributed by atoms with van der Waals surface area (Å²) in [6.07, 6.45) is 1.98. The summed E-state index contributed by atoms with van der Waals surface area (Å²) >= 11 is 6.12. The first-order valence-electron chi connectivity index (χ1n) is 6.45. The van der Waals surface area contributed by atoms with Gasteiger partial charge in [0.15, 0.2) is 0 Å². The van der Waals surface area contributed by atoms with Crippen molar-refractivity contribution < 1.29 is 9.13 Å². The van der Waals surface area contributed by atoms with Crippen LogP contribution in [-0.2, 0) is 4.74 Å². The molecule has 18 heavy (non-hydrogen) atoms. The van der Waals surface area contributed by atoms with E-state index in [1.807, 2.05) is 0 Å². The second-order valence-corrected chi connectivity index (χ2v) is 4.65. The first-order valence-corrected chi connectivity index (χ1v) is 6.82. The molecular formula is C14H21ClFNO. The molecule has 1 rings (SSSR count). The quantitative estimate of drug-likeness (QED) is 0.724. The Kier molecular flexibility index (Phi) is 7.25. The maximum absolute atomic E-state index is 13.3. The number of benzene rings is 1. The number of hydrogen-bond acceptors (Lipinski definition) is 2. The van der Waals surface area contributed by atoms with Crippen molar-refractivity contribution in [3.63, 3.8) is 0 Å². The molecule has 4 heteroatoms. The largest absolute Gasteiger partial charge is 0.379 e. The van der Waals surface area contributed by atoms with E-state index in [0.29, 0.717) is 18.2 Å². The highest BCUT2D eigenvalue weighted by Gasteiger charge is 2.15. The summed E-state index contributed by atoms with van der Waals surface area (Å²) < 4.78 is 18.8. The highest BCUT2D eigenvalue weighted by molar-refractivity contribution is 6.31. The zero-order valence-corrected chi connectivity index (χ0v) is 11.8. The van der Waals surface area contributed by atoms with Gasteiger partial charge < -0.3 is 10.1 Å². The Balaban J connectivity index is 2.75. The van der Waals surface area contributed by atoms with Crippen molar-refractivity contribution in [3.8, 4) is 0 Å². The third kappa shape index (κ3) is 4.92. The summed E-state index contributed by atoms with van der Waals surface area (Å²) in [7, 11) is 0. The number of nitrogens with one attached hydrogen (secondary N) is 1. The van der Waals surface area contributed by atoms with Crippen LogP contribution >= 0.6 is 11.6 Å². The third-order valence-electron chi connectivity index (χ3n) is 2.61. The van der Waals surface area contributed by atoms with Gasteiger partial charge in [0, 0.05) is 11.6 Å². The molecule has 0 aliphatic rings. The molecule has 0 bridgehead atoms. The lowest BCUT2D eigenvalue weighted by Gasteiger charge is -2.20. The van der Waals surface area contributed by atoms with Crippen LogP contribution < -0.4 is 5.32 Å². The zero-order chi connectivity index (χ0) is 13.4. The van der Waals surface area contributed by atoms with Crippen molar-refractivity contribution in [2.45, 2.75) is 32.7 Å². The van der Waals surface area contributed by atoms with Crippen LogP contribution in [0.4, 0.5) is 4.39 Å². The van der Waals surface area contributed by atoms with Crippen molar-refractivity contribution in [2.75, 3.05) is 19.8 Å². The molecule has 0 spiro atoms. The van der Waals surface area contributed by atoms with Gasteiger partial charge in [-0.3, -0.25) is 0 Å². The van der Waals surface area contributed by atoms with E-state index in [4.69, 9.17) is 16.3 Å². The summed E-state index contributed by atoms with van der Waals surface area (Å²) in [6, 6.07) is 4.38. The average molecular weight is 274 g/mol. The predicted octanol–water partition coefficient (Wildman–Crippen LogP) is 3.95. The normalized spacial score (nSPS) is 12.7. The predicted molar refractivity (Wildman–Crippen MR) is 73.6 cm³/mol. The molecule has 1 aromatic rings. The SMILES string of the molecule is CCCNC(COCCC)c1cc(F)ccc1Cl. The van der Waals surface area contributed by atoms with E-state index in [0.717, 1.165) is 24.9 Å². The molecule has 1 unspecified atom stereocenters. The molecule has 1 aromatic carbocycles. The number of ether oxygens (including phenoxy) is 1. The molecule has 0 fully saturated rings. The maximum atomic E-state index is 13.3. The molecular weight excluding hydrogens is 253 g/mol. The number of hydrogen-bond donors (Lipinski definition) is 1. The molecule has 102 valence electrons. The van der Waals surface area contributed by atoms with E-state index in [-0.39, 0.29) is 11.9 Å². The van der Waals surface area contributed by atoms with Crippen LogP contribution in [0.15, 0.2) is 18.2 Å². The second kappa shape index (κ2) is 8.46. The van der Waals surface area contributed by atoms with E-state index in [1.165, 1.54) is 12.1 Å². The van der Waals surface area contributed by atoms with Gasteiger partial charge in [-0.2, -0.15) is 0 Å². The van der Waals surface area contributed by atoms with Crippen LogP contribution in [0.1, 0.15) is 38.3 Å². The van der Waals surface area contributed by atoms with Crippen LogP contribution in [0, 0.1) is 5.82 Å². The van der Waals surface area contributed by atoms with Gasteiger partial charge in [0.05, 0.1) is 12.6 Å². The summed E-state index contributed by atoms with van der Waals surface area (Å²) in [5.74, 6) is -0.270. The van der Waals surface area contributed by atoms with Crippen LogP contribution in [0.3, 0.4) is 0 Å². The van der Waals surface area contributed by atoms with Crippen molar-refractivity contribution >= 4 is 11.6 Å². The van der Waals surface area contributed by atoms with Gasteiger partial charge in [-0.25, -0.2) is 4.39 Å². The van der Waals surface area contributed by atoms with Gasteiger partial charge in [0.2, 0.25) is 0 Å². The molecule has 0 aliphatic carbocycles. The van der Waals surface area contributed by atoms with Crippen LogP contribution in [0.25, 0.3) is 0 Å². The van der Waals surface area contributed by atoms with Crippen molar-refractivity contribution in [1.29, 1.82) is 0 Å². The Morgan fingerprint density at radius 1 is 1.33 bits per heavy atom. The molecule has 1 atom stereocenters. The Labute approximate surface area is 113 Å². The van der Waals surface area contributed by atoms with Gasteiger partial charge in [-0.1, -0.05) is 25.4 Å². The zero-order valence-electron chi connectivity index (χ0n) is 11.0. The average Bonchev–Trinajstić information content (AvgIpc) is 2.37. The van der Waals surface area contributed by atoms with E-state index in [2.05, 4.69) is 19.2 Å². The maximum Gasteiger partial charge on any atom is 0.123 e. The van der Waals surface area contributed by atoms with E-state index in [9.17, 15) is 4.39 Å². The van der Waals surface area contributed by atoms with Gasteiger partial charge in [0.1, 0.15) is 5.82 Å². The topological polar surface area (TPSA) is 21.3 Å². The molecule has 0 amide bonds. The Morgan fingerprint density at radius 3 is 2.78 bits per heavy atom. The standard InChI is InChI=1S/C14H21ClFNO/c1-3-7-17-14(10-18-8-4-2)12-9-11(16)5-6-13(12)15/h5-6,9,14,17H,3-4,7-8,10H2,1-2H3. The highest BCUT2D eigenvalue weighted by atomic mass is 35.5. The first-order chi connectivity index (χ1) is 8.69. The molecule has 0 heterocycles. The van der Waals surface area contributed by atoms with Crippen LogP contribution in [-0.4, -0.2) is 19.8 Å². The monoisotopic (exact) mass is 273 g/mol. The van der Waals surface area contributed by atoms with Gasteiger partial charge >= 0.3 is 0 Å². The van der Waals surface area contributed by atoms with Crippen LogP contribution in [0.5, 0.6) is 0 Å². The third-order valence-corrected chi connectivity index (χ3v) is 2.95. The summed E-state index contributed by atoms with van der Waals surface area (Å²) in [5, 5.41) is 3.91. The highest BCUT2D eigenvalue weighted by Crippen LogP contribution is 2.24. The van der Waals surface area contributed by atoms with Crippen LogP contribution in [0.2, 0.25) is 5.02 Å². The van der Waals surface area contributed by atoms with E-state index >= 15 is 0 Å². The number of rotatable bonds is 8. The summed E-state index contributed by atoms with van der Waals surface area (Å²) in [6.45, 7) is 6.22. The second-order valence-electron chi connectivity index (χ2n) is 4.25. The first kappa shape index (κ1) is 15.4. The fraction of sp³-hybridized carbons (Fsp3) is 0.571. The van der Waals surface area contributed by atoms with Gasteiger partial charge in [-0.15, -0.1) is 0 Å². The smallest absolute Gasteiger partial charge is 0.123 e. The Bertz CT molecular complexity index is 360. The van der Waals surface area contributed by atoms with E-state index < -0.39 is 0 Å². The fourth-order valence-corrected chi connectivity index (χ4v) is 1.95. The Hall–Kier alpha value is -0.640. The van der Waals surface area contributed by atoms with Crippen molar-refractivity contribution in [3.05, 3.63) is 34.6 Å².